The first kappa shape index (κ1) is 16.0. The Morgan fingerprint density at radius 3 is 2.74 bits per heavy atom. The highest BCUT2D eigenvalue weighted by Gasteiger charge is 2.17. The van der Waals surface area contributed by atoms with Crippen LogP contribution in [0.4, 0.5) is 0 Å². The summed E-state index contributed by atoms with van der Waals surface area (Å²) in [5.74, 6) is -0.336. The Kier molecular flexibility index (Phi) is 8.21. The Bertz CT molecular complexity index is 277. The van der Waals surface area contributed by atoms with Gasteiger partial charge in [-0.2, -0.15) is 0 Å². The van der Waals surface area contributed by atoms with Crippen LogP contribution in [-0.4, -0.2) is 37.9 Å². The molecule has 1 fully saturated rings. The topological polar surface area (TPSA) is 61.8 Å². The molecule has 0 aliphatic carbocycles. The third-order valence-corrected chi connectivity index (χ3v) is 3.03. The lowest BCUT2D eigenvalue weighted by atomic mass is 10.2. The van der Waals surface area contributed by atoms with E-state index in [9.17, 15) is 9.59 Å². The van der Waals surface area contributed by atoms with E-state index in [2.05, 4.69) is 0 Å². The molecule has 0 radical (unpaired) electrons. The van der Waals surface area contributed by atoms with Crippen molar-refractivity contribution < 1.29 is 25.2 Å². The summed E-state index contributed by atoms with van der Waals surface area (Å²) < 4.78 is 15.4. The van der Waals surface area contributed by atoms with Crippen molar-refractivity contribution >= 4 is 11.9 Å². The van der Waals surface area contributed by atoms with Crippen molar-refractivity contribution in [1.29, 1.82) is 0 Å². The second-order valence-electron chi connectivity index (χ2n) is 4.70. The smallest absolute Gasteiger partial charge is 0.305 e. The van der Waals surface area contributed by atoms with Crippen LogP contribution in [0.3, 0.4) is 0 Å². The minimum Gasteiger partial charge on any atom is -0.466 e. The minimum absolute atomic E-state index is 0. The number of carbonyl (C=O) groups is 2. The van der Waals surface area contributed by atoms with Gasteiger partial charge in [0.25, 0.3) is 0 Å². The van der Waals surface area contributed by atoms with Crippen molar-refractivity contribution in [3.63, 3.8) is 0 Å². The van der Waals surface area contributed by atoms with Crippen molar-refractivity contribution in [1.82, 2.24) is 0 Å². The highest BCUT2D eigenvalue weighted by Crippen LogP contribution is 2.12. The van der Waals surface area contributed by atoms with Gasteiger partial charge in [-0.05, 0) is 32.1 Å². The van der Waals surface area contributed by atoms with Gasteiger partial charge < -0.3 is 14.2 Å². The highest BCUT2D eigenvalue weighted by molar-refractivity contribution is 5.69. The molecule has 0 aromatic rings. The number of unbranched alkanes of at least 4 members (excludes halogenated alkanes) is 2. The van der Waals surface area contributed by atoms with Gasteiger partial charge in [0.2, 0.25) is 0 Å². The Hall–Kier alpha value is -1.10. The van der Waals surface area contributed by atoms with Crippen LogP contribution in [-0.2, 0) is 23.8 Å². The molecule has 19 heavy (non-hydrogen) atoms. The molecule has 1 heterocycles. The average Bonchev–Trinajstić information content (AvgIpc) is 2.93. The fraction of sp³-hybridized carbons (Fsp3) is 0.857. The van der Waals surface area contributed by atoms with E-state index >= 15 is 0 Å². The SMILES string of the molecule is CCC(=O)OCCCCCC(=O)OCC1CCCO1.[HH]. The summed E-state index contributed by atoms with van der Waals surface area (Å²) in [6, 6.07) is 0. The quantitative estimate of drug-likeness (QED) is 0.477. The van der Waals surface area contributed by atoms with Gasteiger partial charge in [0.1, 0.15) is 6.61 Å². The fourth-order valence-electron chi connectivity index (χ4n) is 1.87. The van der Waals surface area contributed by atoms with Crippen molar-refractivity contribution in [3.8, 4) is 0 Å². The zero-order valence-corrected chi connectivity index (χ0v) is 11.7. The molecule has 1 aliphatic rings. The van der Waals surface area contributed by atoms with E-state index in [4.69, 9.17) is 14.2 Å². The van der Waals surface area contributed by atoms with Crippen LogP contribution in [0.1, 0.15) is 53.3 Å². The van der Waals surface area contributed by atoms with Crippen molar-refractivity contribution in [3.05, 3.63) is 0 Å². The summed E-state index contributed by atoms with van der Waals surface area (Å²) in [6.07, 6.45) is 5.40. The molecule has 0 saturated carbocycles. The molecule has 112 valence electrons. The predicted octanol–water partition coefficient (Wildman–Crippen LogP) is 2.47. The van der Waals surface area contributed by atoms with Crippen molar-refractivity contribution in [2.45, 2.75) is 58.0 Å². The molecule has 1 aliphatic heterocycles. The van der Waals surface area contributed by atoms with Gasteiger partial charge in [-0.15, -0.1) is 0 Å². The fourth-order valence-corrected chi connectivity index (χ4v) is 1.87. The zero-order valence-electron chi connectivity index (χ0n) is 11.7. The first-order valence-electron chi connectivity index (χ1n) is 7.15. The van der Waals surface area contributed by atoms with Crippen LogP contribution < -0.4 is 0 Å². The maximum Gasteiger partial charge on any atom is 0.305 e. The summed E-state index contributed by atoms with van der Waals surface area (Å²) in [5.41, 5.74) is 0. The molecule has 1 atom stereocenters. The van der Waals surface area contributed by atoms with E-state index in [-0.39, 0.29) is 19.5 Å². The lowest BCUT2D eigenvalue weighted by Gasteiger charge is -2.10. The maximum absolute atomic E-state index is 11.4. The third-order valence-electron chi connectivity index (χ3n) is 3.03. The maximum atomic E-state index is 11.4. The molecule has 0 aromatic heterocycles. The summed E-state index contributed by atoms with van der Waals surface area (Å²) >= 11 is 0. The van der Waals surface area contributed by atoms with E-state index in [1.54, 1.807) is 6.92 Å². The van der Waals surface area contributed by atoms with Gasteiger partial charge >= 0.3 is 11.9 Å². The third kappa shape index (κ3) is 7.82. The van der Waals surface area contributed by atoms with Crippen LogP contribution in [0.5, 0.6) is 0 Å². The average molecular weight is 274 g/mol. The number of hydrogen-bond donors (Lipinski definition) is 0. The summed E-state index contributed by atoms with van der Waals surface area (Å²) in [5, 5.41) is 0. The highest BCUT2D eigenvalue weighted by atomic mass is 16.6. The van der Waals surface area contributed by atoms with Crippen LogP contribution in [0.25, 0.3) is 0 Å². The molecule has 5 nitrogen and oxygen atoms in total. The van der Waals surface area contributed by atoms with Crippen LogP contribution in [0.2, 0.25) is 0 Å². The number of hydrogen-bond acceptors (Lipinski definition) is 5. The van der Waals surface area contributed by atoms with Crippen molar-refractivity contribution in [2.75, 3.05) is 19.8 Å². The Morgan fingerprint density at radius 2 is 2.05 bits per heavy atom. The number of carbonyl (C=O) groups excluding carboxylic acids is 2. The first-order chi connectivity index (χ1) is 9.22. The lowest BCUT2D eigenvalue weighted by molar-refractivity contribution is -0.147. The summed E-state index contributed by atoms with van der Waals surface area (Å²) in [7, 11) is 0. The van der Waals surface area contributed by atoms with Gasteiger partial charge in [0, 0.05) is 20.9 Å². The molecule has 1 saturated heterocycles. The molecule has 1 unspecified atom stereocenters. The van der Waals surface area contributed by atoms with E-state index in [0.717, 1.165) is 38.7 Å². The molecule has 5 heteroatoms. The van der Waals surface area contributed by atoms with E-state index < -0.39 is 0 Å². The Morgan fingerprint density at radius 1 is 1.21 bits per heavy atom. The molecular weight excluding hydrogens is 248 g/mol. The second kappa shape index (κ2) is 9.78. The van der Waals surface area contributed by atoms with E-state index in [1.165, 1.54) is 0 Å². The lowest BCUT2D eigenvalue weighted by Crippen LogP contribution is -2.17. The standard InChI is InChI=1S/C14H24O5.H2/c1-2-13(15)18-9-5-3-4-8-14(16)19-11-12-7-6-10-17-12;/h12H,2-11H2,1H3;1H. The molecular formula is C14H26O5. The molecule has 1 rings (SSSR count). The largest absolute Gasteiger partial charge is 0.466 e. The molecule has 0 N–H and O–H groups in total. The zero-order chi connectivity index (χ0) is 13.9. The second-order valence-corrected chi connectivity index (χ2v) is 4.70. The molecule has 0 aromatic carbocycles. The monoisotopic (exact) mass is 274 g/mol. The minimum atomic E-state index is -0.170. The number of ether oxygens (including phenoxy) is 3. The van der Waals surface area contributed by atoms with Crippen LogP contribution in [0, 0.1) is 0 Å². The van der Waals surface area contributed by atoms with E-state index in [1.807, 2.05) is 0 Å². The number of esters is 2. The van der Waals surface area contributed by atoms with Crippen LogP contribution in [0.15, 0.2) is 0 Å². The predicted molar refractivity (Wildman–Crippen MR) is 71.8 cm³/mol. The summed E-state index contributed by atoms with van der Waals surface area (Å²) in [6.45, 7) is 3.37. The van der Waals surface area contributed by atoms with Gasteiger partial charge in [-0.1, -0.05) is 6.92 Å². The first-order valence-corrected chi connectivity index (χ1v) is 7.15. The Labute approximate surface area is 116 Å². The van der Waals surface area contributed by atoms with Gasteiger partial charge in [-0.25, -0.2) is 0 Å². The molecule has 0 amide bonds. The molecule has 0 bridgehead atoms. The van der Waals surface area contributed by atoms with Gasteiger partial charge in [0.15, 0.2) is 0 Å². The number of rotatable bonds is 9. The Balaban J connectivity index is 0.00000361. The van der Waals surface area contributed by atoms with Gasteiger partial charge in [0.05, 0.1) is 12.7 Å². The van der Waals surface area contributed by atoms with Gasteiger partial charge in [-0.3, -0.25) is 9.59 Å². The molecule has 0 spiro atoms. The van der Waals surface area contributed by atoms with Crippen LogP contribution >= 0.6 is 0 Å². The van der Waals surface area contributed by atoms with Crippen molar-refractivity contribution in [2.24, 2.45) is 0 Å². The van der Waals surface area contributed by atoms with E-state index in [0.29, 0.717) is 26.1 Å². The normalized spacial score (nSPS) is 18.3. The summed E-state index contributed by atoms with van der Waals surface area (Å²) in [4.78, 5) is 22.3.